The van der Waals surface area contributed by atoms with Crippen molar-refractivity contribution in [2.45, 2.75) is 31.2 Å². The van der Waals surface area contributed by atoms with E-state index in [9.17, 15) is 9.90 Å². The monoisotopic (exact) mass is 382 g/mol. The smallest absolute Gasteiger partial charge is 0.237 e. The Bertz CT molecular complexity index is 946. The highest BCUT2D eigenvalue weighted by Gasteiger charge is 2.20. The van der Waals surface area contributed by atoms with Gasteiger partial charge in [0.05, 0.1) is 5.25 Å². The molecule has 0 aliphatic heterocycles. The number of aromatic nitrogens is 3. The summed E-state index contributed by atoms with van der Waals surface area (Å²) in [6.45, 7) is 5.81. The van der Waals surface area contributed by atoms with E-state index in [0.717, 1.165) is 22.4 Å². The molecular formula is C20H22N4O2S. The van der Waals surface area contributed by atoms with Crippen LogP contribution >= 0.6 is 11.8 Å². The van der Waals surface area contributed by atoms with Gasteiger partial charge in [0.15, 0.2) is 11.0 Å². The molecule has 0 unspecified atom stereocenters. The van der Waals surface area contributed by atoms with Crippen LogP contribution in [-0.2, 0) is 11.8 Å². The molecule has 1 heterocycles. The van der Waals surface area contributed by atoms with Crippen LogP contribution in [0, 0.1) is 13.8 Å². The van der Waals surface area contributed by atoms with Gasteiger partial charge >= 0.3 is 0 Å². The number of thioether (sulfide) groups is 1. The molecule has 1 amide bonds. The summed E-state index contributed by atoms with van der Waals surface area (Å²) in [5, 5.41) is 21.2. The number of phenolic OH excluding ortho intramolecular Hbond substituents is 1. The van der Waals surface area contributed by atoms with Crippen molar-refractivity contribution in [3.63, 3.8) is 0 Å². The first kappa shape index (κ1) is 19.0. The van der Waals surface area contributed by atoms with Crippen molar-refractivity contribution in [2.24, 2.45) is 7.05 Å². The highest BCUT2D eigenvalue weighted by Crippen LogP contribution is 2.28. The molecule has 0 saturated carbocycles. The zero-order valence-electron chi connectivity index (χ0n) is 15.7. The number of nitrogens with zero attached hydrogens (tertiary/aromatic N) is 3. The van der Waals surface area contributed by atoms with Crippen LogP contribution in [0.4, 0.5) is 5.69 Å². The number of phenols is 1. The summed E-state index contributed by atoms with van der Waals surface area (Å²) in [5.74, 6) is 0.804. The molecule has 0 aliphatic carbocycles. The second-order valence-corrected chi connectivity index (χ2v) is 7.74. The zero-order valence-corrected chi connectivity index (χ0v) is 16.5. The van der Waals surface area contributed by atoms with Gasteiger partial charge in [0.1, 0.15) is 5.75 Å². The third-order valence-electron chi connectivity index (χ3n) is 4.34. The molecule has 3 rings (SSSR count). The minimum absolute atomic E-state index is 0.0772. The number of hydrogen-bond acceptors (Lipinski definition) is 5. The summed E-state index contributed by atoms with van der Waals surface area (Å²) >= 11 is 1.36. The van der Waals surface area contributed by atoms with Gasteiger partial charge in [-0.15, -0.1) is 10.2 Å². The molecule has 0 spiro atoms. The Morgan fingerprint density at radius 3 is 2.37 bits per heavy atom. The lowest BCUT2D eigenvalue weighted by Crippen LogP contribution is -2.23. The predicted octanol–water partition coefficient (Wildman–Crippen LogP) is 3.92. The first-order valence-corrected chi connectivity index (χ1v) is 9.47. The Hall–Kier alpha value is -2.80. The molecule has 3 aromatic rings. The van der Waals surface area contributed by atoms with Crippen molar-refractivity contribution in [3.05, 3.63) is 53.6 Å². The van der Waals surface area contributed by atoms with Crippen LogP contribution in [0.5, 0.6) is 5.75 Å². The summed E-state index contributed by atoms with van der Waals surface area (Å²) in [7, 11) is 1.86. The number of carbonyl (C=O) groups is 1. The van der Waals surface area contributed by atoms with E-state index in [1.54, 1.807) is 24.3 Å². The van der Waals surface area contributed by atoms with Crippen LogP contribution in [0.3, 0.4) is 0 Å². The van der Waals surface area contributed by atoms with Crippen molar-refractivity contribution >= 4 is 23.4 Å². The van der Waals surface area contributed by atoms with E-state index in [2.05, 4.69) is 15.5 Å². The standard InChI is InChI=1S/C20H22N4O2S/c1-12-6-5-7-13(2)17(12)21-19(26)14(3)27-20-23-22-18(24(20)4)15-8-10-16(25)11-9-15/h5-11,14,25H,1-4H3,(H,21,26)/t14-/m1/s1. The highest BCUT2D eigenvalue weighted by atomic mass is 32.2. The number of anilines is 1. The van der Waals surface area contributed by atoms with Crippen LogP contribution in [0.15, 0.2) is 47.6 Å². The molecule has 0 radical (unpaired) electrons. The number of benzene rings is 2. The summed E-state index contributed by atoms with van der Waals surface area (Å²) in [6, 6.07) is 12.7. The fraction of sp³-hybridized carbons (Fsp3) is 0.250. The molecule has 0 saturated heterocycles. The first-order valence-electron chi connectivity index (χ1n) is 8.59. The molecule has 1 atom stereocenters. The number of aromatic hydroxyl groups is 1. The second kappa shape index (κ2) is 7.84. The summed E-state index contributed by atoms with van der Waals surface area (Å²) in [5.41, 5.74) is 3.78. The van der Waals surface area contributed by atoms with E-state index in [1.807, 2.05) is 50.6 Å². The molecule has 0 fully saturated rings. The fourth-order valence-corrected chi connectivity index (χ4v) is 3.54. The average molecular weight is 382 g/mol. The Morgan fingerprint density at radius 1 is 1.11 bits per heavy atom. The molecule has 2 aromatic carbocycles. The topological polar surface area (TPSA) is 80.0 Å². The van der Waals surface area contributed by atoms with Gasteiger partial charge in [0.2, 0.25) is 5.91 Å². The Morgan fingerprint density at radius 2 is 1.74 bits per heavy atom. The summed E-state index contributed by atoms with van der Waals surface area (Å²) < 4.78 is 1.85. The highest BCUT2D eigenvalue weighted by molar-refractivity contribution is 8.00. The number of rotatable bonds is 5. The Labute approximate surface area is 162 Å². The number of amides is 1. The quantitative estimate of drug-likeness (QED) is 0.654. The average Bonchev–Trinajstić information content (AvgIpc) is 2.99. The molecule has 140 valence electrons. The van der Waals surface area contributed by atoms with Crippen molar-refractivity contribution < 1.29 is 9.90 Å². The molecule has 6 nitrogen and oxygen atoms in total. The number of para-hydroxylation sites is 1. The van der Waals surface area contributed by atoms with E-state index >= 15 is 0 Å². The molecule has 1 aromatic heterocycles. The van der Waals surface area contributed by atoms with Crippen LogP contribution in [0.2, 0.25) is 0 Å². The number of aryl methyl sites for hydroxylation is 2. The molecule has 2 N–H and O–H groups in total. The van der Waals surface area contributed by atoms with Crippen LogP contribution in [0.1, 0.15) is 18.1 Å². The maximum atomic E-state index is 12.6. The zero-order chi connectivity index (χ0) is 19.6. The lowest BCUT2D eigenvalue weighted by atomic mass is 10.1. The van der Waals surface area contributed by atoms with Crippen molar-refractivity contribution in [1.29, 1.82) is 0 Å². The van der Waals surface area contributed by atoms with Crippen molar-refractivity contribution in [1.82, 2.24) is 14.8 Å². The number of carbonyl (C=O) groups excluding carboxylic acids is 1. The third kappa shape index (κ3) is 4.14. The SMILES string of the molecule is Cc1cccc(C)c1NC(=O)[C@@H](C)Sc1nnc(-c2ccc(O)cc2)n1C. The molecule has 0 aliphatic rings. The Balaban J connectivity index is 1.73. The maximum Gasteiger partial charge on any atom is 0.237 e. The van der Waals surface area contributed by atoms with E-state index in [-0.39, 0.29) is 16.9 Å². The molecular weight excluding hydrogens is 360 g/mol. The van der Waals surface area contributed by atoms with Gasteiger partial charge in [0, 0.05) is 18.3 Å². The van der Waals surface area contributed by atoms with E-state index in [1.165, 1.54) is 11.8 Å². The summed E-state index contributed by atoms with van der Waals surface area (Å²) in [4.78, 5) is 12.6. The molecule has 27 heavy (non-hydrogen) atoms. The normalized spacial score (nSPS) is 12.0. The van der Waals surface area contributed by atoms with Gasteiger partial charge in [-0.1, -0.05) is 30.0 Å². The summed E-state index contributed by atoms with van der Waals surface area (Å²) in [6.07, 6.45) is 0. The van der Waals surface area contributed by atoms with Crippen LogP contribution in [-0.4, -0.2) is 31.0 Å². The van der Waals surface area contributed by atoms with E-state index in [0.29, 0.717) is 11.0 Å². The van der Waals surface area contributed by atoms with Crippen molar-refractivity contribution in [2.75, 3.05) is 5.32 Å². The molecule has 7 heteroatoms. The lowest BCUT2D eigenvalue weighted by molar-refractivity contribution is -0.115. The minimum Gasteiger partial charge on any atom is -0.508 e. The fourth-order valence-electron chi connectivity index (χ4n) is 2.73. The number of nitrogens with one attached hydrogen (secondary N) is 1. The van der Waals surface area contributed by atoms with Gasteiger partial charge in [-0.3, -0.25) is 4.79 Å². The largest absolute Gasteiger partial charge is 0.508 e. The van der Waals surface area contributed by atoms with E-state index < -0.39 is 0 Å². The third-order valence-corrected chi connectivity index (χ3v) is 5.48. The van der Waals surface area contributed by atoms with Gasteiger partial charge in [-0.05, 0) is 56.2 Å². The second-order valence-electron chi connectivity index (χ2n) is 6.43. The Kier molecular flexibility index (Phi) is 5.51. The predicted molar refractivity (Wildman–Crippen MR) is 108 cm³/mol. The van der Waals surface area contributed by atoms with Crippen LogP contribution in [0.25, 0.3) is 11.4 Å². The van der Waals surface area contributed by atoms with Crippen molar-refractivity contribution in [3.8, 4) is 17.1 Å². The van der Waals surface area contributed by atoms with Gasteiger partial charge < -0.3 is 15.0 Å². The van der Waals surface area contributed by atoms with E-state index in [4.69, 9.17) is 0 Å². The first-order chi connectivity index (χ1) is 12.9. The van der Waals surface area contributed by atoms with Gasteiger partial charge in [0.25, 0.3) is 0 Å². The lowest BCUT2D eigenvalue weighted by Gasteiger charge is -2.15. The number of hydrogen-bond donors (Lipinski definition) is 2. The minimum atomic E-state index is -0.334. The maximum absolute atomic E-state index is 12.6. The van der Waals surface area contributed by atoms with Crippen LogP contribution < -0.4 is 5.32 Å². The van der Waals surface area contributed by atoms with Gasteiger partial charge in [-0.25, -0.2) is 0 Å². The molecule has 0 bridgehead atoms. The van der Waals surface area contributed by atoms with Gasteiger partial charge in [-0.2, -0.15) is 0 Å².